The number of rotatable bonds is 3. The van der Waals surface area contributed by atoms with Crippen molar-refractivity contribution in [1.29, 1.82) is 0 Å². The molecule has 1 saturated carbocycles. The number of benzene rings is 1. The lowest BCUT2D eigenvalue weighted by atomic mass is 9.90. The first-order chi connectivity index (χ1) is 10.1. The molecule has 1 aliphatic carbocycles. The van der Waals surface area contributed by atoms with Crippen LogP contribution in [-0.4, -0.2) is 36.1 Å². The second kappa shape index (κ2) is 5.98. The fraction of sp³-hybridized carbons (Fsp3) is 0.471. The van der Waals surface area contributed by atoms with E-state index >= 15 is 0 Å². The minimum atomic E-state index is -0.238. The highest BCUT2D eigenvalue weighted by Gasteiger charge is 2.23. The topological polar surface area (TPSA) is 28.2 Å². The Morgan fingerprint density at radius 1 is 1.24 bits per heavy atom. The molecule has 3 rings (SSSR count). The molecular weight excluding hydrogens is 265 g/mol. The zero-order valence-corrected chi connectivity index (χ0v) is 12.6. The highest BCUT2D eigenvalue weighted by molar-refractivity contribution is 5.91. The number of nitrogens with zero attached hydrogens (tertiary/aromatic N) is 2. The monoisotopic (exact) mass is 287 g/mol. The molecule has 21 heavy (non-hydrogen) atoms. The summed E-state index contributed by atoms with van der Waals surface area (Å²) < 4.78 is 13.3. The van der Waals surface area contributed by atoms with Gasteiger partial charge in [-0.3, -0.25) is 4.98 Å². The van der Waals surface area contributed by atoms with E-state index in [1.165, 1.54) is 31.4 Å². The van der Waals surface area contributed by atoms with Crippen LogP contribution in [0.4, 0.5) is 10.1 Å². The standard InChI is InChI=1S/C17H22FN3/c1-21(2)14-5-3-4-13(11-14)20-16-8-9-19-17-10-12(18)6-7-15(16)17/h6-10,13-14H,3-5,11H2,1-2H3,(H,19,20). The molecule has 0 spiro atoms. The van der Waals surface area contributed by atoms with Crippen molar-refractivity contribution in [2.45, 2.75) is 37.8 Å². The van der Waals surface area contributed by atoms with Crippen LogP contribution in [0.5, 0.6) is 0 Å². The number of pyridine rings is 1. The zero-order valence-electron chi connectivity index (χ0n) is 12.6. The molecule has 3 nitrogen and oxygen atoms in total. The SMILES string of the molecule is CN(C)C1CCCC(Nc2ccnc3cc(F)ccc23)C1. The number of hydrogen-bond acceptors (Lipinski definition) is 3. The van der Waals surface area contributed by atoms with Gasteiger partial charge in [0.1, 0.15) is 5.82 Å². The number of anilines is 1. The third-order valence-electron chi connectivity index (χ3n) is 4.44. The maximum Gasteiger partial charge on any atom is 0.125 e. The quantitative estimate of drug-likeness (QED) is 0.934. The summed E-state index contributed by atoms with van der Waals surface area (Å²) in [4.78, 5) is 6.56. The maximum atomic E-state index is 13.3. The third kappa shape index (κ3) is 3.16. The lowest BCUT2D eigenvalue weighted by Gasteiger charge is -2.34. The molecule has 1 aromatic heterocycles. The minimum Gasteiger partial charge on any atom is -0.382 e. The van der Waals surface area contributed by atoms with Crippen LogP contribution in [0.25, 0.3) is 10.9 Å². The van der Waals surface area contributed by atoms with Crippen molar-refractivity contribution < 1.29 is 4.39 Å². The van der Waals surface area contributed by atoms with Gasteiger partial charge in [0.25, 0.3) is 0 Å². The van der Waals surface area contributed by atoms with Gasteiger partial charge in [-0.25, -0.2) is 4.39 Å². The smallest absolute Gasteiger partial charge is 0.125 e. The van der Waals surface area contributed by atoms with Crippen molar-refractivity contribution in [2.75, 3.05) is 19.4 Å². The van der Waals surface area contributed by atoms with Crippen molar-refractivity contribution in [1.82, 2.24) is 9.88 Å². The predicted molar refractivity (Wildman–Crippen MR) is 85.1 cm³/mol. The summed E-state index contributed by atoms with van der Waals surface area (Å²) in [6.45, 7) is 0. The minimum absolute atomic E-state index is 0.238. The van der Waals surface area contributed by atoms with Crippen molar-refractivity contribution in [3.8, 4) is 0 Å². The van der Waals surface area contributed by atoms with E-state index in [2.05, 4.69) is 29.3 Å². The van der Waals surface area contributed by atoms with E-state index in [1.54, 1.807) is 6.20 Å². The Bertz CT molecular complexity index is 626. The van der Waals surface area contributed by atoms with Gasteiger partial charge >= 0.3 is 0 Å². The molecular formula is C17H22FN3. The van der Waals surface area contributed by atoms with Crippen molar-refractivity contribution in [3.05, 3.63) is 36.3 Å². The van der Waals surface area contributed by atoms with E-state index in [0.29, 0.717) is 17.6 Å². The summed E-state index contributed by atoms with van der Waals surface area (Å²) in [6, 6.07) is 7.90. The molecule has 1 fully saturated rings. The molecule has 2 unspecified atom stereocenters. The van der Waals surface area contributed by atoms with Gasteiger partial charge in [-0.15, -0.1) is 0 Å². The molecule has 2 aromatic rings. The average molecular weight is 287 g/mol. The van der Waals surface area contributed by atoms with Gasteiger partial charge in [-0.1, -0.05) is 0 Å². The van der Waals surface area contributed by atoms with Gasteiger partial charge in [0.15, 0.2) is 0 Å². The number of fused-ring (bicyclic) bond motifs is 1. The largest absolute Gasteiger partial charge is 0.382 e. The summed E-state index contributed by atoms with van der Waals surface area (Å²) in [7, 11) is 4.30. The zero-order chi connectivity index (χ0) is 14.8. The fourth-order valence-electron chi connectivity index (χ4n) is 3.23. The van der Waals surface area contributed by atoms with Crippen LogP contribution in [0, 0.1) is 5.82 Å². The van der Waals surface area contributed by atoms with Crippen LogP contribution >= 0.6 is 0 Å². The van der Waals surface area contributed by atoms with Gasteiger partial charge in [0, 0.05) is 35.4 Å². The first-order valence-electron chi connectivity index (χ1n) is 7.61. The normalized spacial score (nSPS) is 22.7. The van der Waals surface area contributed by atoms with E-state index in [9.17, 15) is 4.39 Å². The Hall–Kier alpha value is -1.68. The highest BCUT2D eigenvalue weighted by Crippen LogP contribution is 2.28. The molecule has 2 atom stereocenters. The molecule has 0 bridgehead atoms. The van der Waals surface area contributed by atoms with E-state index in [0.717, 1.165) is 17.5 Å². The van der Waals surface area contributed by atoms with Gasteiger partial charge in [-0.2, -0.15) is 0 Å². The first-order valence-corrected chi connectivity index (χ1v) is 7.61. The number of nitrogens with one attached hydrogen (secondary N) is 1. The van der Waals surface area contributed by atoms with E-state index in [1.807, 2.05) is 12.1 Å². The molecule has 4 heteroatoms. The van der Waals surface area contributed by atoms with Gasteiger partial charge in [-0.05, 0) is 58.0 Å². The van der Waals surface area contributed by atoms with Crippen molar-refractivity contribution in [2.24, 2.45) is 0 Å². The molecule has 0 saturated heterocycles. The molecule has 1 aromatic carbocycles. The Morgan fingerprint density at radius 2 is 2.10 bits per heavy atom. The van der Waals surface area contributed by atoms with Gasteiger partial charge < -0.3 is 10.2 Å². The van der Waals surface area contributed by atoms with E-state index < -0.39 is 0 Å². The summed E-state index contributed by atoms with van der Waals surface area (Å²) in [5, 5.41) is 4.63. The predicted octanol–water partition coefficient (Wildman–Crippen LogP) is 3.66. The van der Waals surface area contributed by atoms with Crippen LogP contribution in [0.3, 0.4) is 0 Å². The van der Waals surface area contributed by atoms with Crippen LogP contribution in [0.1, 0.15) is 25.7 Å². The summed E-state index contributed by atoms with van der Waals surface area (Å²) in [5.41, 5.74) is 1.77. The van der Waals surface area contributed by atoms with Crippen LogP contribution in [0.2, 0.25) is 0 Å². The molecule has 1 N–H and O–H groups in total. The number of hydrogen-bond donors (Lipinski definition) is 1. The first kappa shape index (κ1) is 14.3. The third-order valence-corrected chi connectivity index (χ3v) is 4.44. The number of halogens is 1. The molecule has 0 aliphatic heterocycles. The molecule has 1 aliphatic rings. The average Bonchev–Trinajstić information content (AvgIpc) is 2.47. The Kier molecular flexibility index (Phi) is 4.06. The van der Waals surface area contributed by atoms with Gasteiger partial charge in [0.2, 0.25) is 0 Å². The highest BCUT2D eigenvalue weighted by atomic mass is 19.1. The summed E-state index contributed by atoms with van der Waals surface area (Å²) in [5.74, 6) is -0.238. The number of aromatic nitrogens is 1. The fourth-order valence-corrected chi connectivity index (χ4v) is 3.23. The molecule has 1 heterocycles. The van der Waals surface area contributed by atoms with Crippen LogP contribution in [0.15, 0.2) is 30.5 Å². The summed E-state index contributed by atoms with van der Waals surface area (Å²) >= 11 is 0. The van der Waals surface area contributed by atoms with Crippen molar-refractivity contribution in [3.63, 3.8) is 0 Å². The van der Waals surface area contributed by atoms with Crippen LogP contribution < -0.4 is 5.32 Å². The van der Waals surface area contributed by atoms with Gasteiger partial charge in [0.05, 0.1) is 5.52 Å². The molecule has 112 valence electrons. The van der Waals surface area contributed by atoms with E-state index in [-0.39, 0.29) is 5.82 Å². The van der Waals surface area contributed by atoms with Crippen LogP contribution in [-0.2, 0) is 0 Å². The maximum absolute atomic E-state index is 13.3. The summed E-state index contributed by atoms with van der Waals surface area (Å²) in [6.07, 6.45) is 6.61. The van der Waals surface area contributed by atoms with E-state index in [4.69, 9.17) is 0 Å². The Balaban J connectivity index is 1.81. The molecule has 0 radical (unpaired) electrons. The Morgan fingerprint density at radius 3 is 2.90 bits per heavy atom. The second-order valence-electron chi connectivity index (χ2n) is 6.15. The second-order valence-corrected chi connectivity index (χ2v) is 6.15. The lowest BCUT2D eigenvalue weighted by Crippen LogP contribution is -2.38. The molecule has 0 amide bonds. The lowest BCUT2D eigenvalue weighted by molar-refractivity contribution is 0.219. The van der Waals surface area contributed by atoms with Crippen molar-refractivity contribution >= 4 is 16.6 Å². The Labute approximate surface area is 125 Å².